The Morgan fingerprint density at radius 1 is 1.59 bits per heavy atom. The van der Waals surface area contributed by atoms with Crippen molar-refractivity contribution in [2.75, 3.05) is 20.1 Å². The quantitative estimate of drug-likeness (QED) is 0.891. The number of hydrogen-bond acceptors (Lipinski definition) is 3. The summed E-state index contributed by atoms with van der Waals surface area (Å²) in [5.74, 6) is 0. The Labute approximate surface area is 108 Å². The van der Waals surface area contributed by atoms with Crippen LogP contribution in [0.25, 0.3) is 0 Å². The molecule has 0 aliphatic carbocycles. The first-order valence-corrected chi connectivity index (χ1v) is 6.56. The standard InChI is InChI=1S/C12H21ClN4/c1-9-12(13)11(17(3)15-9)8-16(2)10-5-4-6-14-7-10/h10,14H,4-8H2,1-3H3. The van der Waals surface area contributed by atoms with Crippen molar-refractivity contribution in [1.82, 2.24) is 20.0 Å². The summed E-state index contributed by atoms with van der Waals surface area (Å²) in [6.07, 6.45) is 2.52. The van der Waals surface area contributed by atoms with Gasteiger partial charge in [-0.3, -0.25) is 9.58 Å². The summed E-state index contributed by atoms with van der Waals surface area (Å²) in [6.45, 7) is 5.04. The Morgan fingerprint density at radius 2 is 2.35 bits per heavy atom. The Bertz CT molecular complexity index is 382. The minimum absolute atomic E-state index is 0.607. The minimum Gasteiger partial charge on any atom is -0.315 e. The topological polar surface area (TPSA) is 33.1 Å². The molecule has 2 rings (SSSR count). The van der Waals surface area contributed by atoms with Gasteiger partial charge in [-0.1, -0.05) is 11.6 Å². The molecule has 1 aliphatic heterocycles. The number of rotatable bonds is 3. The normalized spacial score (nSPS) is 21.1. The summed E-state index contributed by atoms with van der Waals surface area (Å²) in [7, 11) is 4.12. The van der Waals surface area contributed by atoms with E-state index in [1.54, 1.807) is 0 Å². The highest BCUT2D eigenvalue weighted by atomic mass is 35.5. The zero-order valence-corrected chi connectivity index (χ0v) is 11.6. The van der Waals surface area contributed by atoms with E-state index in [0.717, 1.165) is 36.0 Å². The first-order chi connectivity index (χ1) is 8.09. The van der Waals surface area contributed by atoms with Gasteiger partial charge in [-0.2, -0.15) is 5.10 Å². The maximum Gasteiger partial charge on any atom is 0.0860 e. The molecule has 1 fully saturated rings. The van der Waals surface area contributed by atoms with Gasteiger partial charge in [-0.25, -0.2) is 0 Å². The van der Waals surface area contributed by atoms with Crippen LogP contribution in [0.4, 0.5) is 0 Å². The van der Waals surface area contributed by atoms with Gasteiger partial charge in [0.2, 0.25) is 0 Å². The molecule has 1 aromatic heterocycles. The van der Waals surface area contributed by atoms with E-state index in [2.05, 4.69) is 22.4 Å². The van der Waals surface area contributed by atoms with Crippen LogP contribution in [-0.2, 0) is 13.6 Å². The summed E-state index contributed by atoms with van der Waals surface area (Å²) in [5, 5.41) is 8.60. The van der Waals surface area contributed by atoms with Crippen molar-refractivity contribution in [3.63, 3.8) is 0 Å². The largest absolute Gasteiger partial charge is 0.315 e. The average Bonchev–Trinajstić information content (AvgIpc) is 2.57. The van der Waals surface area contributed by atoms with Gasteiger partial charge in [0.1, 0.15) is 0 Å². The van der Waals surface area contributed by atoms with Crippen molar-refractivity contribution >= 4 is 11.6 Å². The SMILES string of the molecule is Cc1nn(C)c(CN(C)C2CCCNC2)c1Cl. The van der Waals surface area contributed by atoms with Gasteiger partial charge in [-0.15, -0.1) is 0 Å². The first-order valence-electron chi connectivity index (χ1n) is 6.18. The fourth-order valence-corrected chi connectivity index (χ4v) is 2.65. The highest BCUT2D eigenvalue weighted by Gasteiger charge is 2.20. The number of nitrogens with zero attached hydrogens (tertiary/aromatic N) is 3. The maximum absolute atomic E-state index is 6.27. The molecular formula is C12H21ClN4. The predicted molar refractivity (Wildman–Crippen MR) is 70.3 cm³/mol. The molecule has 1 atom stereocenters. The number of aryl methyl sites for hydroxylation is 2. The van der Waals surface area contributed by atoms with E-state index in [0.29, 0.717) is 6.04 Å². The van der Waals surface area contributed by atoms with Crippen LogP contribution in [0.2, 0.25) is 5.02 Å². The Kier molecular flexibility index (Phi) is 4.07. The third-order valence-electron chi connectivity index (χ3n) is 3.56. The molecular weight excluding hydrogens is 236 g/mol. The molecule has 17 heavy (non-hydrogen) atoms. The molecule has 1 unspecified atom stereocenters. The molecule has 0 radical (unpaired) electrons. The summed E-state index contributed by atoms with van der Waals surface area (Å²) in [5.41, 5.74) is 2.02. The van der Waals surface area contributed by atoms with E-state index in [4.69, 9.17) is 11.6 Å². The number of piperidine rings is 1. The van der Waals surface area contributed by atoms with E-state index in [9.17, 15) is 0 Å². The lowest BCUT2D eigenvalue weighted by molar-refractivity contribution is 0.192. The lowest BCUT2D eigenvalue weighted by Gasteiger charge is -2.31. The van der Waals surface area contributed by atoms with Crippen molar-refractivity contribution in [2.45, 2.75) is 32.4 Å². The zero-order valence-electron chi connectivity index (χ0n) is 10.8. The van der Waals surface area contributed by atoms with Crippen LogP contribution >= 0.6 is 11.6 Å². The monoisotopic (exact) mass is 256 g/mol. The molecule has 96 valence electrons. The van der Waals surface area contributed by atoms with E-state index in [1.165, 1.54) is 12.8 Å². The van der Waals surface area contributed by atoms with E-state index < -0.39 is 0 Å². The third kappa shape index (κ3) is 2.81. The van der Waals surface area contributed by atoms with E-state index in [1.807, 2.05) is 18.7 Å². The number of halogens is 1. The Hall–Kier alpha value is -0.580. The van der Waals surface area contributed by atoms with Gasteiger partial charge >= 0.3 is 0 Å². The van der Waals surface area contributed by atoms with E-state index >= 15 is 0 Å². The molecule has 5 heteroatoms. The average molecular weight is 257 g/mol. The minimum atomic E-state index is 0.607. The zero-order chi connectivity index (χ0) is 12.4. The van der Waals surface area contributed by atoms with Gasteiger partial charge < -0.3 is 5.32 Å². The highest BCUT2D eigenvalue weighted by molar-refractivity contribution is 6.31. The number of aromatic nitrogens is 2. The van der Waals surface area contributed by atoms with Crippen LogP contribution in [-0.4, -0.2) is 40.9 Å². The van der Waals surface area contributed by atoms with Gasteiger partial charge in [0.05, 0.1) is 16.4 Å². The fourth-order valence-electron chi connectivity index (χ4n) is 2.43. The summed E-state index contributed by atoms with van der Waals surface area (Å²) in [4.78, 5) is 2.37. The van der Waals surface area contributed by atoms with Crippen LogP contribution < -0.4 is 5.32 Å². The van der Waals surface area contributed by atoms with Crippen LogP contribution in [0.15, 0.2) is 0 Å². The molecule has 1 aromatic rings. The van der Waals surface area contributed by atoms with Crippen LogP contribution in [0.5, 0.6) is 0 Å². The second-order valence-electron chi connectivity index (χ2n) is 4.88. The lowest BCUT2D eigenvalue weighted by Crippen LogP contribution is -2.43. The van der Waals surface area contributed by atoms with Gasteiger partial charge in [0, 0.05) is 26.2 Å². The fraction of sp³-hybridized carbons (Fsp3) is 0.750. The molecule has 2 heterocycles. The first kappa shape index (κ1) is 12.9. The third-order valence-corrected chi connectivity index (χ3v) is 4.05. The second kappa shape index (κ2) is 5.38. The maximum atomic E-state index is 6.27. The number of likely N-dealkylation sites (N-methyl/N-ethyl adjacent to an activating group) is 1. The van der Waals surface area contributed by atoms with E-state index in [-0.39, 0.29) is 0 Å². The predicted octanol–water partition coefficient (Wildman–Crippen LogP) is 1.57. The van der Waals surface area contributed by atoms with Crippen molar-refractivity contribution in [3.05, 3.63) is 16.4 Å². The molecule has 0 bridgehead atoms. The number of hydrogen-bond donors (Lipinski definition) is 1. The molecule has 4 nitrogen and oxygen atoms in total. The van der Waals surface area contributed by atoms with Crippen molar-refractivity contribution in [3.8, 4) is 0 Å². The van der Waals surface area contributed by atoms with Gasteiger partial charge in [0.25, 0.3) is 0 Å². The molecule has 0 amide bonds. The summed E-state index contributed by atoms with van der Waals surface area (Å²) < 4.78 is 1.89. The van der Waals surface area contributed by atoms with Crippen molar-refractivity contribution in [1.29, 1.82) is 0 Å². The molecule has 0 aromatic carbocycles. The smallest absolute Gasteiger partial charge is 0.0860 e. The summed E-state index contributed by atoms with van der Waals surface area (Å²) in [6, 6.07) is 0.607. The molecule has 0 saturated carbocycles. The lowest BCUT2D eigenvalue weighted by atomic mass is 10.1. The van der Waals surface area contributed by atoms with Gasteiger partial charge in [0.15, 0.2) is 0 Å². The molecule has 1 aliphatic rings. The summed E-state index contributed by atoms with van der Waals surface area (Å²) >= 11 is 6.27. The van der Waals surface area contributed by atoms with Gasteiger partial charge in [-0.05, 0) is 33.4 Å². The van der Waals surface area contributed by atoms with Crippen LogP contribution in [0.1, 0.15) is 24.2 Å². The Morgan fingerprint density at radius 3 is 2.88 bits per heavy atom. The van der Waals surface area contributed by atoms with Crippen molar-refractivity contribution < 1.29 is 0 Å². The van der Waals surface area contributed by atoms with Crippen molar-refractivity contribution in [2.24, 2.45) is 7.05 Å². The highest BCUT2D eigenvalue weighted by Crippen LogP contribution is 2.22. The number of nitrogens with one attached hydrogen (secondary N) is 1. The molecule has 1 N–H and O–H groups in total. The van der Waals surface area contributed by atoms with Crippen LogP contribution in [0.3, 0.4) is 0 Å². The Balaban J connectivity index is 2.04. The second-order valence-corrected chi connectivity index (χ2v) is 5.26. The van der Waals surface area contributed by atoms with Crippen LogP contribution in [0, 0.1) is 6.92 Å². The molecule has 0 spiro atoms. The molecule has 1 saturated heterocycles.